The van der Waals surface area contributed by atoms with Crippen molar-refractivity contribution < 1.29 is 23.9 Å². The molecule has 2 atom stereocenters. The fourth-order valence-corrected chi connectivity index (χ4v) is 6.35. The van der Waals surface area contributed by atoms with E-state index in [4.69, 9.17) is 21.3 Å². The van der Waals surface area contributed by atoms with Gasteiger partial charge >= 0.3 is 5.97 Å². The molecule has 1 saturated heterocycles. The van der Waals surface area contributed by atoms with E-state index in [1.807, 2.05) is 54.6 Å². The van der Waals surface area contributed by atoms with Gasteiger partial charge in [-0.3, -0.25) is 19.3 Å². The molecule has 0 N–H and O–H groups in total. The van der Waals surface area contributed by atoms with Gasteiger partial charge in [0, 0.05) is 16.5 Å². The van der Waals surface area contributed by atoms with Crippen LogP contribution in [0.2, 0.25) is 5.02 Å². The lowest BCUT2D eigenvalue weighted by Gasteiger charge is -2.16. The van der Waals surface area contributed by atoms with Crippen molar-refractivity contribution in [1.82, 2.24) is 4.98 Å². The van der Waals surface area contributed by atoms with E-state index in [0.717, 1.165) is 11.1 Å². The van der Waals surface area contributed by atoms with E-state index in [0.29, 0.717) is 51.3 Å². The van der Waals surface area contributed by atoms with Crippen molar-refractivity contribution >= 4 is 51.8 Å². The number of allylic oxidation sites excluding steroid dienone is 2. The molecular weight excluding hydrogens is 600 g/mol. The number of halogens is 1. The van der Waals surface area contributed by atoms with Crippen molar-refractivity contribution in [1.29, 1.82) is 0 Å². The van der Waals surface area contributed by atoms with E-state index in [9.17, 15) is 19.2 Å². The number of carbonyl (C=O) groups excluding carboxylic acids is 4. The quantitative estimate of drug-likeness (QED) is 0.0795. The summed E-state index contributed by atoms with van der Waals surface area (Å²) in [5.74, 6) is -2.04. The molecule has 0 radical (unpaired) electrons. The van der Waals surface area contributed by atoms with Crippen molar-refractivity contribution in [2.24, 2.45) is 11.8 Å². The van der Waals surface area contributed by atoms with Crippen LogP contribution < -0.4 is 4.90 Å². The third-order valence-electron chi connectivity index (χ3n) is 8.59. The minimum absolute atomic E-state index is 0.186. The fraction of sp³-hybridized carbons (Fsp3) is 0.132. The van der Waals surface area contributed by atoms with Crippen LogP contribution >= 0.6 is 11.6 Å². The first-order valence-corrected chi connectivity index (χ1v) is 15.3. The molecule has 1 aromatic heterocycles. The summed E-state index contributed by atoms with van der Waals surface area (Å²) in [7, 11) is 0. The highest BCUT2D eigenvalue weighted by molar-refractivity contribution is 6.35. The first-order valence-electron chi connectivity index (χ1n) is 15.0. The predicted octanol–water partition coefficient (Wildman–Crippen LogP) is 7.72. The molecule has 4 aromatic carbocycles. The van der Waals surface area contributed by atoms with Gasteiger partial charge in [0.2, 0.25) is 11.8 Å². The molecule has 7 nitrogen and oxygen atoms in total. The topological polar surface area (TPSA) is 93.6 Å². The van der Waals surface area contributed by atoms with Gasteiger partial charge in [-0.05, 0) is 48.2 Å². The Balaban J connectivity index is 1.12. The monoisotopic (exact) mass is 626 g/mol. The number of esters is 1. The number of aromatic nitrogens is 1. The standard InChI is InChI=1S/C38H27ClN2O5/c39-32-12-6-11-28-31(38(45)46-22-34(42)26-15-13-24(14-16-26)23-7-2-1-3-8-23)21-33(40-35(28)32)25-17-19-27(20-18-25)41-36(43)29-9-4-5-10-30(29)37(41)44/h1-8,11-21,29-30H,9-10,22H2. The van der Waals surface area contributed by atoms with Gasteiger partial charge in [0.05, 0.1) is 39.3 Å². The molecule has 2 aliphatic rings. The van der Waals surface area contributed by atoms with Gasteiger partial charge in [0.15, 0.2) is 12.4 Å². The molecule has 1 aliphatic carbocycles. The summed E-state index contributed by atoms with van der Waals surface area (Å²) in [6.45, 7) is -0.437. The number of Topliss-reactive ketones (excluding diaryl/α,β-unsaturated/α-hetero) is 1. The maximum atomic E-state index is 13.4. The third kappa shape index (κ3) is 5.39. The zero-order valence-corrected chi connectivity index (χ0v) is 25.3. The third-order valence-corrected chi connectivity index (χ3v) is 8.89. The number of anilines is 1. The molecule has 1 fully saturated rings. The van der Waals surface area contributed by atoms with Crippen LogP contribution in [0.3, 0.4) is 0 Å². The Morgan fingerprint density at radius 1 is 0.761 bits per heavy atom. The van der Waals surface area contributed by atoms with Crippen molar-refractivity contribution in [2.75, 3.05) is 11.5 Å². The van der Waals surface area contributed by atoms with E-state index in [2.05, 4.69) is 0 Å². The Labute approximate surface area is 270 Å². The lowest BCUT2D eigenvalue weighted by atomic mass is 9.85. The molecule has 2 unspecified atom stereocenters. The number of amides is 2. The molecule has 2 amide bonds. The lowest BCUT2D eigenvalue weighted by molar-refractivity contribution is -0.122. The van der Waals surface area contributed by atoms with Crippen molar-refractivity contribution in [3.8, 4) is 22.4 Å². The molecule has 0 spiro atoms. The largest absolute Gasteiger partial charge is 0.454 e. The molecule has 8 heteroatoms. The van der Waals surface area contributed by atoms with E-state index < -0.39 is 12.6 Å². The second-order valence-electron chi connectivity index (χ2n) is 11.3. The Hall–Kier alpha value is -5.40. The normalized spacial score (nSPS) is 17.3. The molecule has 7 rings (SSSR count). The number of rotatable bonds is 7. The zero-order chi connectivity index (χ0) is 31.8. The minimum atomic E-state index is -0.689. The van der Waals surface area contributed by atoms with Crippen LogP contribution in [0, 0.1) is 11.8 Å². The molecule has 226 valence electrons. The Kier molecular flexibility index (Phi) is 7.76. The highest BCUT2D eigenvalue weighted by atomic mass is 35.5. The van der Waals surface area contributed by atoms with Crippen molar-refractivity contribution in [3.05, 3.63) is 131 Å². The number of ether oxygens (including phenoxy) is 1. The number of pyridine rings is 1. The Bertz CT molecular complexity index is 2010. The molecule has 1 aliphatic heterocycles. The molecule has 0 saturated carbocycles. The van der Waals surface area contributed by atoms with Gasteiger partial charge in [0.25, 0.3) is 0 Å². The molecule has 0 bridgehead atoms. The molecule has 46 heavy (non-hydrogen) atoms. The first kappa shape index (κ1) is 29.3. The van der Waals surface area contributed by atoms with Gasteiger partial charge in [-0.25, -0.2) is 9.78 Å². The smallest absolute Gasteiger partial charge is 0.339 e. The summed E-state index contributed by atoms with van der Waals surface area (Å²) in [6, 6.07) is 30.6. The lowest BCUT2D eigenvalue weighted by Crippen LogP contribution is -2.30. The number of carbonyl (C=O) groups is 4. The van der Waals surface area contributed by atoms with Gasteiger partial charge in [-0.1, -0.05) is 103 Å². The average Bonchev–Trinajstić information content (AvgIpc) is 3.36. The van der Waals surface area contributed by atoms with Crippen LogP contribution in [-0.2, 0) is 14.3 Å². The summed E-state index contributed by atoms with van der Waals surface area (Å²) >= 11 is 6.51. The second-order valence-corrected chi connectivity index (χ2v) is 11.8. The van der Waals surface area contributed by atoms with Crippen LogP contribution in [-0.4, -0.2) is 35.2 Å². The highest BCUT2D eigenvalue weighted by Crippen LogP contribution is 2.38. The van der Waals surface area contributed by atoms with E-state index in [1.165, 1.54) is 4.90 Å². The van der Waals surface area contributed by atoms with E-state index in [1.54, 1.807) is 60.7 Å². The number of hydrogen-bond donors (Lipinski definition) is 0. The second kappa shape index (κ2) is 12.2. The molecule has 5 aromatic rings. The van der Waals surface area contributed by atoms with Crippen LogP contribution in [0.15, 0.2) is 115 Å². The number of benzene rings is 4. The maximum Gasteiger partial charge on any atom is 0.339 e. The average molecular weight is 627 g/mol. The first-order chi connectivity index (χ1) is 22.4. The predicted molar refractivity (Wildman–Crippen MR) is 177 cm³/mol. The fourth-order valence-electron chi connectivity index (χ4n) is 6.14. The van der Waals surface area contributed by atoms with Crippen LogP contribution in [0.25, 0.3) is 33.3 Å². The van der Waals surface area contributed by atoms with Gasteiger partial charge in [-0.15, -0.1) is 0 Å². The number of imide groups is 1. The van der Waals surface area contributed by atoms with E-state index >= 15 is 0 Å². The summed E-state index contributed by atoms with van der Waals surface area (Å²) in [5.41, 5.74) is 4.63. The van der Waals surface area contributed by atoms with Gasteiger partial charge in [0.1, 0.15) is 0 Å². The SMILES string of the molecule is O=C(COC(=O)c1cc(-c2ccc(N3C(=O)C4CC=CCC4C3=O)cc2)nc2c(Cl)cccc12)c1ccc(-c2ccccc2)cc1. The maximum absolute atomic E-state index is 13.4. The molecular formula is C38H27ClN2O5. The number of hydrogen-bond acceptors (Lipinski definition) is 6. The van der Waals surface area contributed by atoms with Gasteiger partial charge in [-0.2, -0.15) is 0 Å². The van der Waals surface area contributed by atoms with Crippen LogP contribution in [0.4, 0.5) is 5.69 Å². The number of para-hydroxylation sites is 1. The number of ketones is 1. The number of fused-ring (bicyclic) bond motifs is 2. The summed E-state index contributed by atoms with van der Waals surface area (Å²) < 4.78 is 5.51. The Morgan fingerprint density at radius 2 is 1.39 bits per heavy atom. The van der Waals surface area contributed by atoms with Crippen molar-refractivity contribution in [2.45, 2.75) is 12.8 Å². The zero-order valence-electron chi connectivity index (χ0n) is 24.6. The minimum Gasteiger partial charge on any atom is -0.454 e. The Morgan fingerprint density at radius 3 is 2.07 bits per heavy atom. The highest BCUT2D eigenvalue weighted by Gasteiger charge is 2.47. The summed E-state index contributed by atoms with van der Waals surface area (Å²) in [4.78, 5) is 58.4. The van der Waals surface area contributed by atoms with Crippen molar-refractivity contribution in [3.63, 3.8) is 0 Å². The van der Waals surface area contributed by atoms with Crippen LogP contribution in [0.5, 0.6) is 0 Å². The molecule has 2 heterocycles. The summed E-state index contributed by atoms with van der Waals surface area (Å²) in [5, 5.41) is 0.839. The van der Waals surface area contributed by atoms with Crippen LogP contribution in [0.1, 0.15) is 33.6 Å². The van der Waals surface area contributed by atoms with Gasteiger partial charge < -0.3 is 4.74 Å². The summed E-state index contributed by atoms with van der Waals surface area (Å²) in [6.07, 6.45) is 5.04. The number of nitrogens with zero attached hydrogens (tertiary/aromatic N) is 2. The van der Waals surface area contributed by atoms with E-state index in [-0.39, 0.29) is 35.0 Å².